The molecule has 0 saturated carbocycles. The molecule has 1 aromatic heterocycles. The first kappa shape index (κ1) is 12.1. The summed E-state index contributed by atoms with van der Waals surface area (Å²) in [4.78, 5) is 15.8. The van der Waals surface area contributed by atoms with Crippen LogP contribution >= 0.6 is 11.8 Å². The van der Waals surface area contributed by atoms with Gasteiger partial charge in [-0.3, -0.25) is 4.79 Å². The molecule has 2 aromatic rings. The Hall–Kier alpha value is -1.35. The molecule has 2 rings (SSSR count). The average Bonchev–Trinajstić information content (AvgIpc) is 2.29. The molecule has 0 aliphatic carbocycles. The molecule has 3 heteroatoms. The van der Waals surface area contributed by atoms with E-state index in [0.717, 1.165) is 10.5 Å². The van der Waals surface area contributed by atoms with Crippen molar-refractivity contribution in [1.82, 2.24) is 4.98 Å². The summed E-state index contributed by atoms with van der Waals surface area (Å²) in [6.45, 7) is 5.61. The summed E-state index contributed by atoms with van der Waals surface area (Å²) in [5, 5.41) is 2.05. The van der Waals surface area contributed by atoms with Gasteiger partial charge in [0, 0.05) is 5.39 Å². The van der Waals surface area contributed by atoms with Gasteiger partial charge in [-0.15, -0.1) is 0 Å². The summed E-state index contributed by atoms with van der Waals surface area (Å²) >= 11 is 1.52. The van der Waals surface area contributed by atoms with E-state index in [1.165, 1.54) is 22.7 Å². The highest BCUT2D eigenvalue weighted by Gasteiger charge is 2.11. The number of para-hydroxylation sites is 1. The number of hydrogen-bond acceptors (Lipinski definition) is 3. The second kappa shape index (κ2) is 4.88. The van der Waals surface area contributed by atoms with Crippen LogP contribution in [-0.2, 0) is 4.79 Å². The number of carbonyl (C=O) groups excluding carboxylic acids is 1. The minimum absolute atomic E-state index is 0.0388. The molecule has 0 aliphatic rings. The third-order valence-electron chi connectivity index (χ3n) is 2.77. The van der Waals surface area contributed by atoms with Crippen LogP contribution in [0.2, 0.25) is 0 Å². The number of Topliss-reactive ketones (excluding diaryl/α,β-unsaturated/α-hetero) is 1. The monoisotopic (exact) mass is 245 g/mol. The molecule has 1 aromatic carbocycles. The number of aryl methyl sites for hydroxylation is 1. The highest BCUT2D eigenvalue weighted by Crippen LogP contribution is 2.26. The molecule has 17 heavy (non-hydrogen) atoms. The summed E-state index contributed by atoms with van der Waals surface area (Å²) in [5.41, 5.74) is 2.19. The molecule has 1 atom stereocenters. The maximum atomic E-state index is 11.2. The van der Waals surface area contributed by atoms with Gasteiger partial charge in [-0.1, -0.05) is 30.0 Å². The number of aromatic nitrogens is 1. The number of benzene rings is 1. The van der Waals surface area contributed by atoms with Gasteiger partial charge in [0.2, 0.25) is 0 Å². The van der Waals surface area contributed by atoms with Crippen molar-refractivity contribution < 1.29 is 4.79 Å². The number of hydrogen-bond donors (Lipinski definition) is 0. The molecule has 0 N–H and O–H groups in total. The number of thioether (sulfide) groups is 1. The van der Waals surface area contributed by atoms with Crippen LogP contribution in [0.4, 0.5) is 0 Å². The summed E-state index contributed by atoms with van der Waals surface area (Å²) in [6.07, 6.45) is 0. The van der Waals surface area contributed by atoms with Crippen LogP contribution in [-0.4, -0.2) is 16.0 Å². The van der Waals surface area contributed by atoms with Gasteiger partial charge < -0.3 is 0 Å². The molecule has 0 aliphatic heterocycles. The largest absolute Gasteiger partial charge is 0.299 e. The van der Waals surface area contributed by atoms with Gasteiger partial charge in [0.15, 0.2) is 0 Å². The van der Waals surface area contributed by atoms with Crippen molar-refractivity contribution in [3.05, 3.63) is 35.9 Å². The Morgan fingerprint density at radius 3 is 2.76 bits per heavy atom. The molecule has 1 heterocycles. The van der Waals surface area contributed by atoms with E-state index >= 15 is 0 Å². The topological polar surface area (TPSA) is 30.0 Å². The minimum atomic E-state index is -0.0388. The van der Waals surface area contributed by atoms with Crippen LogP contribution in [0.15, 0.2) is 35.4 Å². The summed E-state index contributed by atoms with van der Waals surface area (Å²) in [5.74, 6) is 0.183. The van der Waals surface area contributed by atoms with Crippen molar-refractivity contribution in [2.75, 3.05) is 0 Å². The van der Waals surface area contributed by atoms with Crippen LogP contribution < -0.4 is 0 Å². The molecule has 0 spiro atoms. The Balaban J connectivity index is 2.40. The lowest BCUT2D eigenvalue weighted by atomic mass is 10.1. The lowest BCUT2D eigenvalue weighted by Gasteiger charge is -2.09. The fourth-order valence-corrected chi connectivity index (χ4v) is 2.57. The first-order valence-electron chi connectivity index (χ1n) is 5.61. The molecule has 0 fully saturated rings. The average molecular weight is 245 g/mol. The smallest absolute Gasteiger partial charge is 0.142 e. The van der Waals surface area contributed by atoms with E-state index in [0.29, 0.717) is 0 Å². The van der Waals surface area contributed by atoms with Gasteiger partial charge in [-0.05, 0) is 38.5 Å². The van der Waals surface area contributed by atoms with E-state index < -0.39 is 0 Å². The molecule has 0 amide bonds. The van der Waals surface area contributed by atoms with E-state index in [2.05, 4.69) is 18.0 Å². The second-order valence-corrected chi connectivity index (χ2v) is 5.53. The van der Waals surface area contributed by atoms with E-state index in [1.54, 1.807) is 6.92 Å². The zero-order valence-corrected chi connectivity index (χ0v) is 11.0. The van der Waals surface area contributed by atoms with Gasteiger partial charge in [0.25, 0.3) is 0 Å². The van der Waals surface area contributed by atoms with Crippen molar-refractivity contribution in [2.24, 2.45) is 0 Å². The zero-order chi connectivity index (χ0) is 12.4. The number of nitrogens with zero attached hydrogens (tertiary/aromatic N) is 1. The predicted molar refractivity (Wildman–Crippen MR) is 72.5 cm³/mol. The van der Waals surface area contributed by atoms with E-state index in [9.17, 15) is 4.79 Å². The third-order valence-corrected chi connectivity index (χ3v) is 3.91. The zero-order valence-electron chi connectivity index (χ0n) is 10.2. The van der Waals surface area contributed by atoms with E-state index in [-0.39, 0.29) is 11.0 Å². The number of fused-ring (bicyclic) bond motifs is 1. The van der Waals surface area contributed by atoms with Crippen molar-refractivity contribution in [1.29, 1.82) is 0 Å². The van der Waals surface area contributed by atoms with Crippen molar-refractivity contribution in [3.63, 3.8) is 0 Å². The number of carbonyl (C=O) groups is 1. The Labute approximate surface area is 105 Å². The quantitative estimate of drug-likeness (QED) is 0.774. The molecule has 88 valence electrons. The lowest BCUT2D eigenvalue weighted by Crippen LogP contribution is -2.08. The molecule has 0 radical (unpaired) electrons. The van der Waals surface area contributed by atoms with Gasteiger partial charge in [-0.25, -0.2) is 4.98 Å². The summed E-state index contributed by atoms with van der Waals surface area (Å²) in [6, 6.07) is 10.1. The minimum Gasteiger partial charge on any atom is -0.299 e. The highest BCUT2D eigenvalue weighted by atomic mass is 32.2. The second-order valence-electron chi connectivity index (χ2n) is 4.17. The fourth-order valence-electron chi connectivity index (χ4n) is 1.64. The summed E-state index contributed by atoms with van der Waals surface area (Å²) in [7, 11) is 0. The molecule has 0 saturated heterocycles. The first-order chi connectivity index (χ1) is 8.08. The Morgan fingerprint density at radius 2 is 2.06 bits per heavy atom. The van der Waals surface area contributed by atoms with Crippen molar-refractivity contribution >= 4 is 28.4 Å². The van der Waals surface area contributed by atoms with Gasteiger partial charge in [-0.2, -0.15) is 0 Å². The first-order valence-corrected chi connectivity index (χ1v) is 6.49. The maximum Gasteiger partial charge on any atom is 0.142 e. The SMILES string of the molecule is CC(=O)[C@H](C)Sc1cc(C)c2ccccc2n1. The molecule has 0 bridgehead atoms. The molecular formula is C14H15NOS. The van der Waals surface area contributed by atoms with Crippen LogP contribution in [0.3, 0.4) is 0 Å². The van der Waals surface area contributed by atoms with Crippen molar-refractivity contribution in [3.8, 4) is 0 Å². The maximum absolute atomic E-state index is 11.2. The van der Waals surface area contributed by atoms with E-state index in [4.69, 9.17) is 0 Å². The standard InChI is InChI=1S/C14H15NOS/c1-9-8-14(17-11(3)10(2)16)15-13-7-5-4-6-12(9)13/h4-8,11H,1-3H3/t11-/m0/s1. The van der Waals surface area contributed by atoms with Gasteiger partial charge in [0.05, 0.1) is 15.8 Å². The molecule has 0 unspecified atom stereocenters. The Bertz CT molecular complexity index is 565. The molecular weight excluding hydrogens is 230 g/mol. The number of ketones is 1. The molecule has 2 nitrogen and oxygen atoms in total. The van der Waals surface area contributed by atoms with Crippen LogP contribution in [0.25, 0.3) is 10.9 Å². The van der Waals surface area contributed by atoms with Crippen LogP contribution in [0.1, 0.15) is 19.4 Å². The predicted octanol–water partition coefficient (Wildman–Crippen LogP) is 3.61. The normalized spacial score (nSPS) is 12.6. The lowest BCUT2D eigenvalue weighted by molar-refractivity contribution is -0.116. The number of pyridine rings is 1. The van der Waals surface area contributed by atoms with Crippen LogP contribution in [0.5, 0.6) is 0 Å². The summed E-state index contributed by atoms with van der Waals surface area (Å²) < 4.78 is 0. The van der Waals surface area contributed by atoms with Crippen molar-refractivity contribution in [2.45, 2.75) is 31.0 Å². The van der Waals surface area contributed by atoms with Crippen LogP contribution in [0, 0.1) is 6.92 Å². The van der Waals surface area contributed by atoms with Gasteiger partial charge in [0.1, 0.15) is 5.78 Å². The fraction of sp³-hybridized carbons (Fsp3) is 0.286. The van der Waals surface area contributed by atoms with E-state index in [1.807, 2.05) is 31.2 Å². The highest BCUT2D eigenvalue weighted by molar-refractivity contribution is 8.00. The number of rotatable bonds is 3. The third kappa shape index (κ3) is 2.67. The Kier molecular flexibility index (Phi) is 3.48. The Morgan fingerprint density at radius 1 is 1.35 bits per heavy atom. The van der Waals surface area contributed by atoms with Gasteiger partial charge >= 0.3 is 0 Å².